The molecule has 0 aliphatic heterocycles. The number of sulfonamides is 1. The van der Waals surface area contributed by atoms with Crippen LogP contribution in [-0.2, 0) is 27.9 Å². The van der Waals surface area contributed by atoms with Crippen molar-refractivity contribution >= 4 is 21.8 Å². The molecule has 9 nitrogen and oxygen atoms in total. The first-order chi connectivity index (χ1) is 15.7. The number of nitrogens with one attached hydrogen (secondary N) is 1. The van der Waals surface area contributed by atoms with Crippen LogP contribution in [0.4, 0.5) is 14.6 Å². The van der Waals surface area contributed by atoms with Crippen molar-refractivity contribution in [1.82, 2.24) is 14.3 Å². The second kappa shape index (κ2) is 10.8. The van der Waals surface area contributed by atoms with E-state index in [2.05, 4.69) is 20.0 Å². The topological polar surface area (TPSA) is 122 Å². The van der Waals surface area contributed by atoms with Gasteiger partial charge in [-0.3, -0.25) is 9.78 Å². The molecule has 0 aliphatic rings. The van der Waals surface area contributed by atoms with Crippen molar-refractivity contribution in [2.75, 3.05) is 11.9 Å². The number of halogens is 2. The van der Waals surface area contributed by atoms with Gasteiger partial charge in [0.05, 0.1) is 12.2 Å². The molecule has 0 spiro atoms. The fraction of sp³-hybridized carbons (Fsp3) is 0.190. The average Bonchev–Trinajstić information content (AvgIpc) is 2.79. The molecule has 0 fully saturated rings. The highest BCUT2D eigenvalue weighted by Gasteiger charge is 2.26. The summed E-state index contributed by atoms with van der Waals surface area (Å²) in [5, 5.41) is 11.5. The molecule has 3 aromatic rings. The number of carboxylic acids is 1. The van der Waals surface area contributed by atoms with Crippen LogP contribution < -0.4 is 10.1 Å². The predicted octanol–water partition coefficient (Wildman–Crippen LogP) is 2.97. The fourth-order valence-electron chi connectivity index (χ4n) is 2.87. The van der Waals surface area contributed by atoms with Crippen LogP contribution in [0.3, 0.4) is 0 Å². The number of aromatic nitrogens is 2. The Hall–Kier alpha value is -3.64. The predicted molar refractivity (Wildman–Crippen MR) is 114 cm³/mol. The first-order valence-electron chi connectivity index (χ1n) is 9.59. The molecule has 0 amide bonds. The van der Waals surface area contributed by atoms with Crippen molar-refractivity contribution < 1.29 is 31.8 Å². The maximum Gasteiger partial charge on any atom is 0.387 e. The molecule has 2 aromatic heterocycles. The van der Waals surface area contributed by atoms with Gasteiger partial charge in [-0.15, -0.1) is 0 Å². The van der Waals surface area contributed by atoms with Crippen molar-refractivity contribution in [3.8, 4) is 5.75 Å². The molecule has 2 N–H and O–H groups in total. The summed E-state index contributed by atoms with van der Waals surface area (Å²) in [6.07, 6.45) is 2.67. The van der Waals surface area contributed by atoms with E-state index in [0.717, 1.165) is 4.31 Å². The molecule has 0 saturated carbocycles. The lowest BCUT2D eigenvalue weighted by Gasteiger charge is -2.22. The number of benzene rings is 1. The van der Waals surface area contributed by atoms with Crippen LogP contribution in [0.5, 0.6) is 5.75 Å². The minimum atomic E-state index is -4.00. The van der Waals surface area contributed by atoms with Gasteiger partial charge in [0.1, 0.15) is 23.0 Å². The highest BCUT2D eigenvalue weighted by atomic mass is 32.2. The Bertz CT molecular complexity index is 1180. The molecule has 0 radical (unpaired) electrons. The maximum absolute atomic E-state index is 13.3. The van der Waals surface area contributed by atoms with Gasteiger partial charge in [-0.25, -0.2) is 13.4 Å². The van der Waals surface area contributed by atoms with Crippen LogP contribution >= 0.6 is 0 Å². The van der Waals surface area contributed by atoms with Crippen LogP contribution in [0.15, 0.2) is 71.9 Å². The minimum Gasteiger partial charge on any atom is -0.480 e. The number of aliphatic carboxylic acids is 1. The Balaban J connectivity index is 1.88. The zero-order valence-electron chi connectivity index (χ0n) is 17.1. The lowest BCUT2D eigenvalue weighted by atomic mass is 10.2. The van der Waals surface area contributed by atoms with Gasteiger partial charge >= 0.3 is 12.6 Å². The normalized spacial score (nSPS) is 11.5. The van der Waals surface area contributed by atoms with Crippen LogP contribution in [-0.4, -0.2) is 46.9 Å². The van der Waals surface area contributed by atoms with Crippen molar-refractivity contribution in [2.45, 2.75) is 24.6 Å². The van der Waals surface area contributed by atoms with Gasteiger partial charge in [-0.05, 0) is 42.0 Å². The Morgan fingerprint density at radius 2 is 1.85 bits per heavy atom. The number of nitrogens with zero attached hydrogens (tertiary/aromatic N) is 3. The molecule has 0 saturated heterocycles. The summed E-state index contributed by atoms with van der Waals surface area (Å²) in [6, 6.07) is 13.3. The van der Waals surface area contributed by atoms with E-state index < -0.39 is 22.6 Å². The monoisotopic (exact) mass is 478 g/mol. The summed E-state index contributed by atoms with van der Waals surface area (Å²) in [6.45, 7) is -3.52. The average molecular weight is 478 g/mol. The highest BCUT2D eigenvalue weighted by molar-refractivity contribution is 7.89. The summed E-state index contributed by atoms with van der Waals surface area (Å²) < 4.78 is 56.9. The molecule has 0 bridgehead atoms. The third kappa shape index (κ3) is 6.92. The van der Waals surface area contributed by atoms with Crippen molar-refractivity contribution in [2.24, 2.45) is 0 Å². The molecule has 2 heterocycles. The molecule has 33 heavy (non-hydrogen) atoms. The van der Waals surface area contributed by atoms with Gasteiger partial charge in [0.25, 0.3) is 0 Å². The van der Waals surface area contributed by atoms with E-state index in [1.165, 1.54) is 48.8 Å². The zero-order valence-corrected chi connectivity index (χ0v) is 18.0. The van der Waals surface area contributed by atoms with Crippen molar-refractivity contribution in [1.29, 1.82) is 0 Å². The van der Waals surface area contributed by atoms with E-state index in [9.17, 15) is 22.0 Å². The molecule has 0 unspecified atom stereocenters. The number of pyridine rings is 2. The summed E-state index contributed by atoms with van der Waals surface area (Å²) in [5.41, 5.74) is 0.903. The lowest BCUT2D eigenvalue weighted by molar-refractivity contribution is -0.134. The van der Waals surface area contributed by atoms with E-state index in [1.807, 2.05) is 0 Å². The summed E-state index contributed by atoms with van der Waals surface area (Å²) in [7, 11) is -4.00. The molecular weight excluding hydrogens is 458 g/mol. The third-order valence-electron chi connectivity index (χ3n) is 4.35. The van der Waals surface area contributed by atoms with Gasteiger partial charge in [-0.1, -0.05) is 18.2 Å². The smallest absolute Gasteiger partial charge is 0.387 e. The molecule has 174 valence electrons. The number of carbonyl (C=O) groups is 1. The molecule has 0 aliphatic carbocycles. The Morgan fingerprint density at radius 3 is 2.48 bits per heavy atom. The maximum atomic E-state index is 13.3. The Labute approximate surface area is 188 Å². The fourth-order valence-corrected chi connectivity index (χ4v) is 4.23. The third-order valence-corrected chi connectivity index (χ3v) is 6.12. The number of carboxylic acid groups (broad SMARTS) is 1. The van der Waals surface area contributed by atoms with Gasteiger partial charge < -0.3 is 15.2 Å². The highest BCUT2D eigenvalue weighted by Crippen LogP contribution is 2.22. The molecule has 1 aromatic carbocycles. The SMILES string of the molecule is O=C(O)CNc1cccc(CN(Cc2ccc(OC(F)F)cc2)S(=O)(=O)c2cccnc2)n1. The van der Waals surface area contributed by atoms with Gasteiger partial charge in [-0.2, -0.15) is 13.1 Å². The van der Waals surface area contributed by atoms with Crippen molar-refractivity contribution in [3.05, 3.63) is 78.2 Å². The molecule has 3 rings (SSSR count). The number of rotatable bonds is 11. The van der Waals surface area contributed by atoms with Crippen LogP contribution in [0.2, 0.25) is 0 Å². The largest absolute Gasteiger partial charge is 0.480 e. The number of hydrogen-bond donors (Lipinski definition) is 2. The number of ether oxygens (including phenoxy) is 1. The number of anilines is 1. The minimum absolute atomic E-state index is 0.0252. The van der Waals surface area contributed by atoms with E-state index in [4.69, 9.17) is 5.11 Å². The summed E-state index contributed by atoms with van der Waals surface area (Å²) in [4.78, 5) is 18.9. The standard InChI is InChI=1S/C21H20F2N4O5S/c22-21(23)32-17-8-6-15(7-9-17)13-27(33(30,31)18-4-2-10-24-11-18)14-16-3-1-5-19(26-16)25-12-20(28)29/h1-11,21H,12-14H2,(H,25,26)(H,28,29). The lowest BCUT2D eigenvalue weighted by Crippen LogP contribution is -2.30. The second-order valence-electron chi connectivity index (χ2n) is 6.75. The van der Waals surface area contributed by atoms with Crippen molar-refractivity contribution in [3.63, 3.8) is 0 Å². The van der Waals surface area contributed by atoms with Gasteiger partial charge in [0.15, 0.2) is 0 Å². The number of hydrogen-bond acceptors (Lipinski definition) is 7. The summed E-state index contributed by atoms with van der Waals surface area (Å²) >= 11 is 0. The summed E-state index contributed by atoms with van der Waals surface area (Å²) in [5.74, 6) is -0.835. The molecule has 12 heteroatoms. The molecular formula is C21H20F2N4O5S. The van der Waals surface area contributed by atoms with E-state index in [0.29, 0.717) is 11.3 Å². The van der Waals surface area contributed by atoms with E-state index in [1.54, 1.807) is 18.2 Å². The quantitative estimate of drug-likeness (QED) is 0.431. The second-order valence-corrected chi connectivity index (χ2v) is 8.68. The first-order valence-corrected chi connectivity index (χ1v) is 11.0. The molecule has 0 atom stereocenters. The van der Waals surface area contributed by atoms with Gasteiger partial charge in [0, 0.05) is 18.9 Å². The van der Waals surface area contributed by atoms with E-state index >= 15 is 0 Å². The number of alkyl halides is 2. The van der Waals surface area contributed by atoms with E-state index in [-0.39, 0.29) is 36.1 Å². The van der Waals surface area contributed by atoms with Crippen LogP contribution in [0.1, 0.15) is 11.3 Å². The Morgan fingerprint density at radius 1 is 1.09 bits per heavy atom. The van der Waals surface area contributed by atoms with Crippen LogP contribution in [0, 0.1) is 0 Å². The van der Waals surface area contributed by atoms with Crippen LogP contribution in [0.25, 0.3) is 0 Å². The Kier molecular flexibility index (Phi) is 7.85. The van der Waals surface area contributed by atoms with Gasteiger partial charge in [0.2, 0.25) is 10.0 Å². The zero-order chi connectivity index (χ0) is 23.8. The first kappa shape index (κ1) is 24.0.